The van der Waals surface area contributed by atoms with Crippen LogP contribution in [0.3, 0.4) is 0 Å². The van der Waals surface area contributed by atoms with E-state index in [2.05, 4.69) is 38.2 Å². The highest BCUT2D eigenvalue weighted by Gasteiger charge is 2.29. The molecule has 0 spiro atoms. The van der Waals surface area contributed by atoms with Gasteiger partial charge in [0.05, 0.1) is 13.2 Å². The van der Waals surface area contributed by atoms with Crippen molar-refractivity contribution >= 4 is 17.6 Å². The summed E-state index contributed by atoms with van der Waals surface area (Å²) in [5.41, 5.74) is 8.03. The molecule has 0 aliphatic heterocycles. The van der Waals surface area contributed by atoms with Crippen molar-refractivity contribution in [1.29, 1.82) is 0 Å². The van der Waals surface area contributed by atoms with E-state index in [0.717, 1.165) is 24.9 Å². The highest BCUT2D eigenvalue weighted by Crippen LogP contribution is 2.27. The average molecular weight is 328 g/mol. The Morgan fingerprint density at radius 3 is 2.75 bits per heavy atom. The summed E-state index contributed by atoms with van der Waals surface area (Å²) in [5.74, 6) is 1.29. The zero-order valence-corrected chi connectivity index (χ0v) is 13.9. The third-order valence-corrected chi connectivity index (χ3v) is 4.14. The van der Waals surface area contributed by atoms with Crippen molar-refractivity contribution in [3.05, 3.63) is 35.7 Å². The van der Waals surface area contributed by atoms with Gasteiger partial charge in [0.1, 0.15) is 5.82 Å². The topological polar surface area (TPSA) is 100 Å². The Labute approximate surface area is 142 Å². The van der Waals surface area contributed by atoms with Gasteiger partial charge in [0.25, 0.3) is 0 Å². The lowest BCUT2D eigenvalue weighted by Crippen LogP contribution is -2.29. The quantitative estimate of drug-likeness (QED) is 0.678. The van der Waals surface area contributed by atoms with Crippen molar-refractivity contribution in [1.82, 2.24) is 19.9 Å². The summed E-state index contributed by atoms with van der Waals surface area (Å²) >= 11 is 0. The first-order chi connectivity index (χ1) is 11.7. The van der Waals surface area contributed by atoms with Crippen molar-refractivity contribution in [3.8, 4) is 0 Å². The van der Waals surface area contributed by atoms with Gasteiger partial charge in [-0.05, 0) is 30.9 Å². The van der Waals surface area contributed by atoms with E-state index in [1.807, 2.05) is 18.2 Å². The lowest BCUT2D eigenvalue weighted by molar-refractivity contribution is 0.180. The fourth-order valence-electron chi connectivity index (χ4n) is 2.78. The number of nitrogens with zero attached hydrogens (tertiary/aromatic N) is 4. The van der Waals surface area contributed by atoms with Crippen LogP contribution >= 0.6 is 0 Å². The van der Waals surface area contributed by atoms with E-state index in [4.69, 9.17) is 5.73 Å². The van der Waals surface area contributed by atoms with Crippen LogP contribution in [0.2, 0.25) is 0 Å². The van der Waals surface area contributed by atoms with Crippen LogP contribution in [0.5, 0.6) is 0 Å². The zero-order valence-electron chi connectivity index (χ0n) is 13.9. The number of rotatable bonds is 8. The Hall–Kier alpha value is -2.25. The predicted molar refractivity (Wildman–Crippen MR) is 93.9 cm³/mol. The van der Waals surface area contributed by atoms with Crippen LogP contribution in [-0.2, 0) is 13.0 Å². The minimum absolute atomic E-state index is 0.131. The van der Waals surface area contributed by atoms with Crippen LogP contribution in [0.25, 0.3) is 0 Å². The number of hydrogen-bond donors (Lipinski definition) is 3. The van der Waals surface area contributed by atoms with Crippen LogP contribution in [0.4, 0.5) is 17.6 Å². The molecule has 1 aliphatic rings. The van der Waals surface area contributed by atoms with E-state index in [9.17, 15) is 5.11 Å². The Morgan fingerprint density at radius 1 is 1.25 bits per heavy atom. The molecule has 0 unspecified atom stereocenters. The van der Waals surface area contributed by atoms with Gasteiger partial charge in [-0.15, -0.1) is 0 Å². The van der Waals surface area contributed by atoms with Gasteiger partial charge in [0.2, 0.25) is 11.9 Å². The van der Waals surface area contributed by atoms with Crippen molar-refractivity contribution in [3.63, 3.8) is 0 Å². The van der Waals surface area contributed by atoms with Crippen LogP contribution in [0, 0.1) is 0 Å². The monoisotopic (exact) mass is 328 g/mol. The summed E-state index contributed by atoms with van der Waals surface area (Å²) in [6, 6.07) is 8.58. The first-order valence-corrected chi connectivity index (χ1v) is 8.40. The predicted octanol–water partition coefficient (Wildman–Crippen LogP) is 1.72. The van der Waals surface area contributed by atoms with Gasteiger partial charge in [-0.2, -0.15) is 15.0 Å². The standard InChI is InChI=1S/C17H24N6O/c1-2-12-5-3-4-6-14(12)19-17-21-15(20-16(18)22-17)11-23(9-10-24)13-7-8-13/h3-6,13,24H,2,7-11H2,1H3,(H3,18,19,20,21,22). The van der Waals surface area contributed by atoms with E-state index < -0.39 is 0 Å². The number of nitrogen functional groups attached to an aromatic ring is 1. The van der Waals surface area contributed by atoms with Crippen LogP contribution < -0.4 is 11.1 Å². The van der Waals surface area contributed by atoms with E-state index >= 15 is 0 Å². The fraction of sp³-hybridized carbons (Fsp3) is 0.471. The minimum Gasteiger partial charge on any atom is -0.395 e. The van der Waals surface area contributed by atoms with E-state index in [0.29, 0.717) is 30.9 Å². The van der Waals surface area contributed by atoms with Gasteiger partial charge in [-0.1, -0.05) is 25.1 Å². The van der Waals surface area contributed by atoms with Gasteiger partial charge >= 0.3 is 0 Å². The minimum atomic E-state index is 0.131. The maximum absolute atomic E-state index is 9.22. The summed E-state index contributed by atoms with van der Waals surface area (Å²) in [5, 5.41) is 12.5. The molecule has 7 heteroatoms. The molecule has 2 aromatic rings. The molecule has 0 radical (unpaired) electrons. The second kappa shape index (κ2) is 7.55. The molecule has 1 aliphatic carbocycles. The molecule has 128 valence electrons. The molecule has 3 rings (SSSR count). The molecule has 0 amide bonds. The van der Waals surface area contributed by atoms with Gasteiger partial charge in [0, 0.05) is 18.3 Å². The number of nitrogens with two attached hydrogens (primary N) is 1. The van der Waals surface area contributed by atoms with Gasteiger partial charge in [-0.3, -0.25) is 4.90 Å². The molecule has 1 aromatic carbocycles. The van der Waals surface area contributed by atoms with Gasteiger partial charge < -0.3 is 16.2 Å². The fourth-order valence-corrected chi connectivity index (χ4v) is 2.78. The van der Waals surface area contributed by atoms with Crippen LogP contribution in [0.1, 0.15) is 31.2 Å². The molecule has 7 nitrogen and oxygen atoms in total. The summed E-state index contributed by atoms with van der Waals surface area (Å²) in [6.07, 6.45) is 3.24. The molecular formula is C17H24N6O. The molecule has 0 saturated heterocycles. The van der Waals surface area contributed by atoms with Crippen molar-refractivity contribution in [2.75, 3.05) is 24.2 Å². The number of para-hydroxylation sites is 1. The maximum Gasteiger partial charge on any atom is 0.232 e. The number of hydrogen-bond acceptors (Lipinski definition) is 7. The number of aryl methyl sites for hydroxylation is 1. The summed E-state index contributed by atoms with van der Waals surface area (Å²) in [4.78, 5) is 15.1. The number of nitrogens with one attached hydrogen (secondary N) is 1. The molecule has 4 N–H and O–H groups in total. The molecule has 24 heavy (non-hydrogen) atoms. The zero-order chi connectivity index (χ0) is 16.9. The third kappa shape index (κ3) is 4.18. The molecular weight excluding hydrogens is 304 g/mol. The third-order valence-electron chi connectivity index (χ3n) is 4.14. The molecule has 0 bridgehead atoms. The largest absolute Gasteiger partial charge is 0.395 e. The number of aromatic nitrogens is 3. The number of aliphatic hydroxyl groups is 1. The van der Waals surface area contributed by atoms with Crippen molar-refractivity contribution in [2.24, 2.45) is 0 Å². The first-order valence-electron chi connectivity index (χ1n) is 8.40. The Bertz CT molecular complexity index is 689. The molecule has 1 saturated carbocycles. The summed E-state index contributed by atoms with van der Waals surface area (Å²) in [7, 11) is 0. The van der Waals surface area contributed by atoms with Crippen molar-refractivity contribution in [2.45, 2.75) is 38.8 Å². The average Bonchev–Trinajstić information content (AvgIpc) is 3.39. The molecule has 1 aromatic heterocycles. The Balaban J connectivity index is 1.78. The SMILES string of the molecule is CCc1ccccc1Nc1nc(N)nc(CN(CCO)C2CC2)n1. The van der Waals surface area contributed by atoms with E-state index in [1.165, 1.54) is 5.56 Å². The number of aliphatic hydroxyl groups excluding tert-OH is 1. The summed E-state index contributed by atoms with van der Waals surface area (Å²) < 4.78 is 0. The lowest BCUT2D eigenvalue weighted by atomic mass is 10.1. The maximum atomic E-state index is 9.22. The van der Waals surface area contributed by atoms with Crippen LogP contribution in [0.15, 0.2) is 24.3 Å². The first kappa shape index (κ1) is 16.6. The number of anilines is 3. The highest BCUT2D eigenvalue weighted by molar-refractivity contribution is 5.58. The second-order valence-electron chi connectivity index (χ2n) is 5.99. The number of benzene rings is 1. The summed E-state index contributed by atoms with van der Waals surface area (Å²) in [6.45, 7) is 3.43. The Morgan fingerprint density at radius 2 is 2.04 bits per heavy atom. The molecule has 1 fully saturated rings. The van der Waals surface area contributed by atoms with Crippen LogP contribution in [-0.4, -0.2) is 44.2 Å². The van der Waals surface area contributed by atoms with E-state index in [-0.39, 0.29) is 12.6 Å². The molecule has 1 heterocycles. The smallest absolute Gasteiger partial charge is 0.232 e. The Kier molecular flexibility index (Phi) is 5.22. The highest BCUT2D eigenvalue weighted by atomic mass is 16.3. The lowest BCUT2D eigenvalue weighted by Gasteiger charge is -2.20. The van der Waals surface area contributed by atoms with E-state index in [1.54, 1.807) is 0 Å². The van der Waals surface area contributed by atoms with Gasteiger partial charge in [0.15, 0.2) is 0 Å². The normalized spacial score (nSPS) is 14.1. The second-order valence-corrected chi connectivity index (χ2v) is 5.99. The molecule has 0 atom stereocenters. The van der Waals surface area contributed by atoms with Gasteiger partial charge in [-0.25, -0.2) is 0 Å². The van der Waals surface area contributed by atoms with Crippen molar-refractivity contribution < 1.29 is 5.11 Å².